The van der Waals surface area contributed by atoms with Crippen molar-refractivity contribution in [3.63, 3.8) is 0 Å². The van der Waals surface area contributed by atoms with Gasteiger partial charge in [0.05, 0.1) is 11.9 Å². The van der Waals surface area contributed by atoms with E-state index in [-0.39, 0.29) is 5.91 Å². The number of nitrogens with zero attached hydrogens (tertiary/aromatic N) is 3. The molecule has 3 heterocycles. The number of hydrogen-bond acceptors (Lipinski definition) is 4. The minimum atomic E-state index is -0.176. The van der Waals surface area contributed by atoms with Gasteiger partial charge < -0.3 is 10.2 Å². The molecule has 26 heavy (non-hydrogen) atoms. The molecule has 1 N–H and O–H groups in total. The monoisotopic (exact) mass is 344 g/mol. The third-order valence-electron chi connectivity index (χ3n) is 4.65. The van der Waals surface area contributed by atoms with Crippen molar-refractivity contribution in [3.8, 4) is 0 Å². The number of carbonyl (C=O) groups excluding carboxylic acids is 1. The zero-order valence-corrected chi connectivity index (χ0v) is 14.4. The van der Waals surface area contributed by atoms with E-state index in [0.29, 0.717) is 12.2 Å². The molecule has 0 radical (unpaired) electrons. The number of aromatic nitrogens is 2. The smallest absolute Gasteiger partial charge is 0.270 e. The predicted molar refractivity (Wildman–Crippen MR) is 101 cm³/mol. The summed E-state index contributed by atoms with van der Waals surface area (Å²) in [4.78, 5) is 23.0. The average molecular weight is 344 g/mol. The summed E-state index contributed by atoms with van der Waals surface area (Å²) in [5.74, 6) is -0.176. The van der Waals surface area contributed by atoms with Gasteiger partial charge in [-0.2, -0.15) is 0 Å². The van der Waals surface area contributed by atoms with E-state index in [2.05, 4.69) is 44.5 Å². The molecule has 1 aliphatic rings. The van der Waals surface area contributed by atoms with Crippen molar-refractivity contribution < 1.29 is 4.79 Å². The Morgan fingerprint density at radius 1 is 1.04 bits per heavy atom. The van der Waals surface area contributed by atoms with Crippen LogP contribution in [-0.4, -0.2) is 22.4 Å². The number of pyridine rings is 2. The van der Waals surface area contributed by atoms with Crippen molar-refractivity contribution in [1.29, 1.82) is 0 Å². The molecule has 1 amide bonds. The molecule has 5 nitrogen and oxygen atoms in total. The Morgan fingerprint density at radius 2 is 1.92 bits per heavy atom. The van der Waals surface area contributed by atoms with E-state index in [9.17, 15) is 4.79 Å². The first-order valence-corrected chi connectivity index (χ1v) is 8.74. The minimum Gasteiger partial charge on any atom is -0.366 e. The van der Waals surface area contributed by atoms with Crippen molar-refractivity contribution in [1.82, 2.24) is 15.3 Å². The second kappa shape index (κ2) is 7.35. The molecule has 0 saturated carbocycles. The van der Waals surface area contributed by atoms with Crippen molar-refractivity contribution >= 4 is 11.6 Å². The standard InChI is InChI=1S/C21H20N4O/c26-21(24-13-16-4-3-10-22-12-16)20-8-7-19(14-23-20)25-11-9-17-5-1-2-6-18(17)15-25/h1-8,10,12,14H,9,11,13,15H2,(H,24,26). The predicted octanol–water partition coefficient (Wildman–Crippen LogP) is 2.97. The maximum absolute atomic E-state index is 12.3. The highest BCUT2D eigenvalue weighted by Gasteiger charge is 2.17. The van der Waals surface area contributed by atoms with E-state index >= 15 is 0 Å². The first kappa shape index (κ1) is 16.3. The van der Waals surface area contributed by atoms with Gasteiger partial charge in [-0.05, 0) is 41.3 Å². The number of fused-ring (bicyclic) bond motifs is 1. The molecule has 0 saturated heterocycles. The summed E-state index contributed by atoms with van der Waals surface area (Å²) in [6.07, 6.45) is 6.27. The SMILES string of the molecule is O=C(NCc1cccnc1)c1ccc(N2CCc3ccccc3C2)cn1. The highest BCUT2D eigenvalue weighted by atomic mass is 16.1. The topological polar surface area (TPSA) is 58.1 Å². The van der Waals surface area contributed by atoms with Gasteiger partial charge in [0.2, 0.25) is 0 Å². The van der Waals surface area contributed by atoms with Gasteiger partial charge in [-0.25, -0.2) is 4.98 Å². The molecule has 5 heteroatoms. The van der Waals surface area contributed by atoms with Crippen LogP contribution in [0.15, 0.2) is 67.1 Å². The van der Waals surface area contributed by atoms with Crippen LogP contribution in [0.2, 0.25) is 0 Å². The number of rotatable bonds is 4. The lowest BCUT2D eigenvalue weighted by Crippen LogP contribution is -2.30. The van der Waals surface area contributed by atoms with Crippen LogP contribution in [0.1, 0.15) is 27.2 Å². The Bertz CT molecular complexity index is 893. The molecule has 1 aromatic carbocycles. The maximum Gasteiger partial charge on any atom is 0.270 e. The molecule has 0 aliphatic carbocycles. The van der Waals surface area contributed by atoms with Gasteiger partial charge in [0.25, 0.3) is 5.91 Å². The van der Waals surface area contributed by atoms with Crippen molar-refractivity contribution in [2.45, 2.75) is 19.5 Å². The second-order valence-corrected chi connectivity index (χ2v) is 6.39. The third-order valence-corrected chi connectivity index (χ3v) is 4.65. The van der Waals surface area contributed by atoms with Crippen LogP contribution in [0.3, 0.4) is 0 Å². The van der Waals surface area contributed by atoms with Crippen LogP contribution in [-0.2, 0) is 19.5 Å². The summed E-state index contributed by atoms with van der Waals surface area (Å²) in [5.41, 5.74) is 5.21. The number of amides is 1. The Balaban J connectivity index is 1.40. The molecule has 1 aliphatic heterocycles. The average Bonchev–Trinajstić information content (AvgIpc) is 2.72. The number of anilines is 1. The van der Waals surface area contributed by atoms with E-state index in [0.717, 1.165) is 30.8 Å². The second-order valence-electron chi connectivity index (χ2n) is 6.39. The summed E-state index contributed by atoms with van der Waals surface area (Å²) < 4.78 is 0. The van der Waals surface area contributed by atoms with Crippen LogP contribution in [0, 0.1) is 0 Å². The van der Waals surface area contributed by atoms with E-state index in [1.165, 1.54) is 11.1 Å². The first-order valence-electron chi connectivity index (χ1n) is 8.74. The van der Waals surface area contributed by atoms with Gasteiger partial charge in [-0.1, -0.05) is 30.3 Å². The van der Waals surface area contributed by atoms with Gasteiger partial charge in [0.1, 0.15) is 5.69 Å². The fourth-order valence-electron chi connectivity index (χ4n) is 3.20. The molecule has 2 aromatic heterocycles. The number of benzene rings is 1. The first-order chi connectivity index (χ1) is 12.8. The quantitative estimate of drug-likeness (QED) is 0.790. The molecule has 0 fully saturated rings. The molecular weight excluding hydrogens is 324 g/mol. The largest absolute Gasteiger partial charge is 0.366 e. The van der Waals surface area contributed by atoms with E-state index in [1.807, 2.05) is 18.2 Å². The van der Waals surface area contributed by atoms with Gasteiger partial charge >= 0.3 is 0 Å². The fourth-order valence-corrected chi connectivity index (χ4v) is 3.20. The van der Waals surface area contributed by atoms with Gasteiger partial charge in [0, 0.05) is 32.0 Å². The molecule has 0 atom stereocenters. The molecule has 4 rings (SSSR count). The Kier molecular flexibility index (Phi) is 4.60. The lowest BCUT2D eigenvalue weighted by molar-refractivity contribution is 0.0946. The summed E-state index contributed by atoms with van der Waals surface area (Å²) >= 11 is 0. The summed E-state index contributed by atoms with van der Waals surface area (Å²) in [5, 5.41) is 2.87. The molecule has 0 spiro atoms. The van der Waals surface area contributed by atoms with E-state index in [4.69, 9.17) is 0 Å². The summed E-state index contributed by atoms with van der Waals surface area (Å²) in [6, 6.07) is 16.1. The molecule has 3 aromatic rings. The summed E-state index contributed by atoms with van der Waals surface area (Å²) in [7, 11) is 0. The maximum atomic E-state index is 12.3. The Morgan fingerprint density at radius 3 is 2.69 bits per heavy atom. The molecule has 0 bridgehead atoms. The van der Waals surface area contributed by atoms with Crippen molar-refractivity contribution in [3.05, 3.63) is 89.5 Å². The van der Waals surface area contributed by atoms with E-state index in [1.54, 1.807) is 24.7 Å². The number of hydrogen-bond donors (Lipinski definition) is 1. The number of carbonyl (C=O) groups is 1. The molecule has 0 unspecified atom stereocenters. The lowest BCUT2D eigenvalue weighted by Gasteiger charge is -2.30. The fraction of sp³-hybridized carbons (Fsp3) is 0.190. The highest BCUT2D eigenvalue weighted by Crippen LogP contribution is 2.23. The highest BCUT2D eigenvalue weighted by molar-refractivity contribution is 5.92. The Labute approximate surface area is 152 Å². The van der Waals surface area contributed by atoms with E-state index < -0.39 is 0 Å². The van der Waals surface area contributed by atoms with Crippen LogP contribution < -0.4 is 10.2 Å². The van der Waals surface area contributed by atoms with Crippen LogP contribution in [0.5, 0.6) is 0 Å². The minimum absolute atomic E-state index is 0.176. The normalized spacial score (nSPS) is 13.2. The van der Waals surface area contributed by atoms with Gasteiger partial charge in [-0.15, -0.1) is 0 Å². The Hall–Kier alpha value is -3.21. The van der Waals surface area contributed by atoms with Crippen molar-refractivity contribution in [2.75, 3.05) is 11.4 Å². The zero-order chi connectivity index (χ0) is 17.8. The lowest BCUT2D eigenvalue weighted by atomic mass is 10.00. The van der Waals surface area contributed by atoms with Crippen LogP contribution >= 0.6 is 0 Å². The summed E-state index contributed by atoms with van der Waals surface area (Å²) in [6.45, 7) is 2.29. The van der Waals surface area contributed by atoms with Gasteiger partial charge in [-0.3, -0.25) is 9.78 Å². The molecule has 130 valence electrons. The zero-order valence-electron chi connectivity index (χ0n) is 14.4. The van der Waals surface area contributed by atoms with Crippen LogP contribution in [0.4, 0.5) is 5.69 Å². The third kappa shape index (κ3) is 3.57. The van der Waals surface area contributed by atoms with Gasteiger partial charge in [0.15, 0.2) is 0 Å². The number of nitrogens with one attached hydrogen (secondary N) is 1. The van der Waals surface area contributed by atoms with Crippen LogP contribution in [0.25, 0.3) is 0 Å². The van der Waals surface area contributed by atoms with Crippen molar-refractivity contribution in [2.24, 2.45) is 0 Å². The molecular formula is C21H20N4O.